The van der Waals surface area contributed by atoms with Gasteiger partial charge in [-0.15, -0.1) is 0 Å². The van der Waals surface area contributed by atoms with Gasteiger partial charge in [0.2, 0.25) is 0 Å². The molecule has 0 amide bonds. The van der Waals surface area contributed by atoms with Crippen LogP contribution < -0.4 is 0 Å². The number of nitrogens with zero attached hydrogens (tertiary/aromatic N) is 2. The van der Waals surface area contributed by atoms with E-state index in [2.05, 4.69) is 0 Å². The fourth-order valence-corrected chi connectivity index (χ4v) is 7.04. The highest BCUT2D eigenvalue weighted by Gasteiger charge is 2.19. The van der Waals surface area contributed by atoms with Crippen molar-refractivity contribution in [1.29, 1.82) is 0 Å². The summed E-state index contributed by atoms with van der Waals surface area (Å²) >= 11 is 4.91. The van der Waals surface area contributed by atoms with Gasteiger partial charge in [-0.2, -0.15) is 0 Å². The Bertz CT molecular complexity index is 981. The monoisotopic (exact) mass is 526 g/mol. The normalized spacial score (nSPS) is 17.9. The maximum atomic E-state index is 12.5. The molecule has 2 aliphatic rings. The minimum absolute atomic E-state index is 0.00234. The zero-order valence-corrected chi connectivity index (χ0v) is 21.3. The lowest BCUT2D eigenvalue weighted by Crippen LogP contribution is -2.31. The Balaban J connectivity index is 1.40. The van der Waals surface area contributed by atoms with Crippen LogP contribution in [0.25, 0.3) is 10.8 Å². The van der Waals surface area contributed by atoms with E-state index in [0.717, 1.165) is 42.5 Å². The van der Waals surface area contributed by atoms with Crippen molar-refractivity contribution in [3.63, 3.8) is 0 Å². The molecular weight excluding hydrogens is 501 g/mol. The number of hydrogen-bond acceptors (Lipinski definition) is 11. The van der Waals surface area contributed by atoms with Crippen LogP contribution in [0.4, 0.5) is 9.59 Å². The molecule has 0 aromatic heterocycles. The van der Waals surface area contributed by atoms with E-state index in [0.29, 0.717) is 43.5 Å². The topological polar surface area (TPSA) is 79.3 Å². The highest BCUT2D eigenvalue weighted by atomic mass is 32.2. The molecule has 11 heteroatoms. The maximum Gasteiger partial charge on any atom is 0.261 e. The lowest BCUT2D eigenvalue weighted by molar-refractivity contribution is 0.0775. The second-order valence-corrected chi connectivity index (χ2v) is 12.0. The summed E-state index contributed by atoms with van der Waals surface area (Å²) in [5.74, 6) is 1.08. The first-order valence-corrected chi connectivity index (χ1v) is 14.2. The van der Waals surface area contributed by atoms with Crippen molar-refractivity contribution < 1.29 is 24.2 Å². The molecule has 4 rings (SSSR count). The summed E-state index contributed by atoms with van der Waals surface area (Å²) in [5.41, 5.74) is 1.69. The van der Waals surface area contributed by atoms with Crippen LogP contribution in [0.2, 0.25) is 0 Å². The molecule has 0 bridgehead atoms. The van der Waals surface area contributed by atoms with Crippen molar-refractivity contribution in [3.05, 3.63) is 41.5 Å². The minimum Gasteiger partial charge on any atom is -0.507 e. The first-order valence-electron chi connectivity index (χ1n) is 10.7. The molecule has 7 nitrogen and oxygen atoms in total. The number of benzene rings is 2. The third kappa shape index (κ3) is 7.28. The number of carbonyl (C=O) groups is 2. The first-order chi connectivity index (χ1) is 16.1. The van der Waals surface area contributed by atoms with E-state index in [-0.39, 0.29) is 14.6 Å². The molecule has 0 unspecified atom stereocenters. The van der Waals surface area contributed by atoms with E-state index in [1.54, 1.807) is 0 Å². The van der Waals surface area contributed by atoms with Crippen LogP contribution in [-0.4, -0.2) is 75.2 Å². The van der Waals surface area contributed by atoms with Crippen LogP contribution in [0.15, 0.2) is 30.3 Å². The molecule has 0 spiro atoms. The van der Waals surface area contributed by atoms with Crippen LogP contribution in [0.1, 0.15) is 11.1 Å². The summed E-state index contributed by atoms with van der Waals surface area (Å²) in [6, 6.07) is 9.57. The van der Waals surface area contributed by atoms with Crippen LogP contribution in [0.5, 0.6) is 5.75 Å². The number of morpholine rings is 2. The van der Waals surface area contributed by atoms with E-state index in [1.807, 2.05) is 38.9 Å². The van der Waals surface area contributed by atoms with Gasteiger partial charge in [0, 0.05) is 72.5 Å². The SMILES string of the molecule is O=C(SCc1cc(CSC(=O)SN2CCOCC2)c2ccccc2c1O)SN1CCOCC1. The Morgan fingerprint density at radius 3 is 1.82 bits per heavy atom. The van der Waals surface area contributed by atoms with Gasteiger partial charge in [-0.3, -0.25) is 9.59 Å². The van der Waals surface area contributed by atoms with E-state index in [1.165, 1.54) is 47.4 Å². The van der Waals surface area contributed by atoms with Gasteiger partial charge in [-0.25, -0.2) is 8.61 Å². The predicted octanol–water partition coefficient (Wildman–Crippen LogP) is 5.21. The van der Waals surface area contributed by atoms with Crippen LogP contribution in [0, 0.1) is 0 Å². The highest BCUT2D eigenvalue weighted by molar-refractivity contribution is 8.37. The molecule has 2 fully saturated rings. The maximum absolute atomic E-state index is 12.5. The Labute approximate surface area is 210 Å². The summed E-state index contributed by atoms with van der Waals surface area (Å²) in [5, 5.41) is 12.5. The summed E-state index contributed by atoms with van der Waals surface area (Å²) in [4.78, 5) is 25.0. The smallest absolute Gasteiger partial charge is 0.261 e. The van der Waals surface area contributed by atoms with E-state index in [4.69, 9.17) is 9.47 Å². The molecule has 0 atom stereocenters. The van der Waals surface area contributed by atoms with Crippen molar-refractivity contribution in [2.45, 2.75) is 11.5 Å². The summed E-state index contributed by atoms with van der Waals surface area (Å²) in [7, 11) is 0. The van der Waals surface area contributed by atoms with E-state index in [9.17, 15) is 14.7 Å². The zero-order valence-electron chi connectivity index (χ0n) is 18.1. The number of phenolic OH excluding ortho intramolecular Hbond substituents is 1. The molecule has 0 aliphatic carbocycles. The van der Waals surface area contributed by atoms with Crippen molar-refractivity contribution in [2.75, 3.05) is 52.6 Å². The van der Waals surface area contributed by atoms with E-state index >= 15 is 0 Å². The first kappa shape index (κ1) is 25.2. The van der Waals surface area contributed by atoms with Crippen LogP contribution in [0.3, 0.4) is 0 Å². The number of carbonyl (C=O) groups excluding carboxylic acids is 2. The highest BCUT2D eigenvalue weighted by Crippen LogP contribution is 2.37. The number of aromatic hydroxyl groups is 1. The average molecular weight is 527 g/mol. The second kappa shape index (κ2) is 12.7. The number of fused-ring (bicyclic) bond motifs is 1. The Morgan fingerprint density at radius 1 is 0.788 bits per heavy atom. The van der Waals surface area contributed by atoms with Gasteiger partial charge in [0.15, 0.2) is 0 Å². The third-order valence-corrected chi connectivity index (χ3v) is 9.30. The zero-order chi connectivity index (χ0) is 23.0. The Morgan fingerprint density at radius 2 is 1.27 bits per heavy atom. The van der Waals surface area contributed by atoms with Gasteiger partial charge in [-0.05, 0) is 17.0 Å². The number of ether oxygens (including phenoxy) is 2. The third-order valence-electron chi connectivity index (χ3n) is 5.22. The van der Waals surface area contributed by atoms with Gasteiger partial charge in [0.05, 0.1) is 26.4 Å². The summed E-state index contributed by atoms with van der Waals surface area (Å²) < 4.78 is 14.7. The Hall–Kier alpha value is -0.920. The molecule has 2 aliphatic heterocycles. The fourth-order valence-electron chi connectivity index (χ4n) is 3.54. The van der Waals surface area contributed by atoms with Gasteiger partial charge < -0.3 is 14.6 Å². The van der Waals surface area contributed by atoms with Crippen molar-refractivity contribution in [3.8, 4) is 5.75 Å². The molecule has 33 heavy (non-hydrogen) atoms. The van der Waals surface area contributed by atoms with Crippen molar-refractivity contribution >= 4 is 67.1 Å². The molecule has 1 N–H and O–H groups in total. The molecule has 0 radical (unpaired) electrons. The van der Waals surface area contributed by atoms with Crippen LogP contribution >= 0.6 is 47.4 Å². The fraction of sp³-hybridized carbons (Fsp3) is 0.455. The van der Waals surface area contributed by atoms with Crippen molar-refractivity contribution in [1.82, 2.24) is 8.61 Å². The van der Waals surface area contributed by atoms with Gasteiger partial charge >= 0.3 is 0 Å². The standard InChI is InChI=1S/C22H26N2O5S4/c25-20-17(15-31-22(27)33-24-7-11-29-12-8-24)13-16(18-3-1-2-4-19(18)20)14-30-21(26)32-23-5-9-28-10-6-23/h1-4,13,25H,5-12,14-15H2. The largest absolute Gasteiger partial charge is 0.507 e. The minimum atomic E-state index is -0.00234. The van der Waals surface area contributed by atoms with Gasteiger partial charge in [-0.1, -0.05) is 47.8 Å². The molecule has 2 heterocycles. The number of phenols is 1. The lowest BCUT2D eigenvalue weighted by Gasteiger charge is -2.24. The quantitative estimate of drug-likeness (QED) is 0.504. The molecule has 2 aromatic rings. The summed E-state index contributed by atoms with van der Waals surface area (Å²) in [6.45, 7) is 5.54. The van der Waals surface area contributed by atoms with Gasteiger partial charge in [0.25, 0.3) is 8.89 Å². The van der Waals surface area contributed by atoms with E-state index < -0.39 is 0 Å². The molecule has 178 valence electrons. The lowest BCUT2D eigenvalue weighted by atomic mass is 10.0. The molecule has 0 saturated carbocycles. The number of rotatable bonds is 6. The Kier molecular flexibility index (Phi) is 9.68. The number of hydrogen-bond donors (Lipinski definition) is 1. The van der Waals surface area contributed by atoms with Gasteiger partial charge in [0.1, 0.15) is 5.75 Å². The molecule has 2 aromatic carbocycles. The summed E-state index contributed by atoms with van der Waals surface area (Å²) in [6.07, 6.45) is 0. The van der Waals surface area contributed by atoms with Crippen molar-refractivity contribution in [2.24, 2.45) is 0 Å². The average Bonchev–Trinajstić information content (AvgIpc) is 2.84. The molecular formula is C22H26N2O5S4. The van der Waals surface area contributed by atoms with Crippen LogP contribution in [-0.2, 0) is 21.0 Å². The molecule has 2 saturated heterocycles. The predicted molar refractivity (Wildman–Crippen MR) is 139 cm³/mol. The number of thioether (sulfide) groups is 2. The second-order valence-electron chi connectivity index (χ2n) is 7.43.